The van der Waals surface area contributed by atoms with E-state index < -0.39 is 0 Å². The van der Waals surface area contributed by atoms with Gasteiger partial charge in [0.15, 0.2) is 0 Å². The summed E-state index contributed by atoms with van der Waals surface area (Å²) in [5.74, 6) is 0.922. The number of piperazine rings is 1. The first-order chi connectivity index (χ1) is 12.2. The van der Waals surface area contributed by atoms with Crippen molar-refractivity contribution in [3.63, 3.8) is 0 Å². The molecule has 10 heteroatoms. The number of rotatable bonds is 5. The topological polar surface area (TPSA) is 86.8 Å². The molecule has 1 unspecified atom stereocenters. The molecular weight excluding hydrogens is 393 g/mol. The molecule has 0 radical (unpaired) electrons. The lowest BCUT2D eigenvalue weighted by Crippen LogP contribution is -2.52. The van der Waals surface area contributed by atoms with Crippen LogP contribution in [0.4, 0.5) is 5.82 Å². The summed E-state index contributed by atoms with van der Waals surface area (Å²) in [5.41, 5.74) is 0. The number of aromatic nitrogens is 1. The number of nitrogens with one attached hydrogen (secondary N) is 2. The Morgan fingerprint density at radius 3 is 2.63 bits per heavy atom. The highest BCUT2D eigenvalue weighted by Crippen LogP contribution is 2.12. The molecule has 1 atom stereocenters. The molecule has 0 aromatic carbocycles. The molecular formula is C17H27Cl2N5O3. The van der Waals surface area contributed by atoms with E-state index in [1.807, 2.05) is 23.1 Å². The van der Waals surface area contributed by atoms with Gasteiger partial charge in [-0.1, -0.05) is 6.07 Å². The third kappa shape index (κ3) is 6.80. The number of pyridine rings is 1. The Labute approximate surface area is 171 Å². The molecule has 1 aromatic heterocycles. The van der Waals surface area contributed by atoms with E-state index in [2.05, 4.69) is 20.5 Å². The Balaban J connectivity index is 0.00000182. The van der Waals surface area contributed by atoms with Crippen LogP contribution in [0.15, 0.2) is 24.4 Å². The minimum atomic E-state index is -0.314. The van der Waals surface area contributed by atoms with Crippen LogP contribution in [0.3, 0.4) is 0 Å². The van der Waals surface area contributed by atoms with Crippen LogP contribution in [-0.2, 0) is 14.3 Å². The Morgan fingerprint density at radius 2 is 2.00 bits per heavy atom. The van der Waals surface area contributed by atoms with E-state index >= 15 is 0 Å². The number of morpholine rings is 1. The second-order valence-electron chi connectivity index (χ2n) is 6.18. The minimum Gasteiger partial charge on any atom is -0.378 e. The van der Waals surface area contributed by atoms with Crippen LogP contribution in [0.2, 0.25) is 0 Å². The minimum absolute atomic E-state index is 0. The van der Waals surface area contributed by atoms with Gasteiger partial charge >= 0.3 is 0 Å². The van der Waals surface area contributed by atoms with Crippen LogP contribution >= 0.6 is 24.8 Å². The van der Waals surface area contributed by atoms with E-state index in [0.717, 1.165) is 18.9 Å². The average molecular weight is 420 g/mol. The number of anilines is 1. The van der Waals surface area contributed by atoms with Crippen molar-refractivity contribution in [2.24, 2.45) is 0 Å². The molecule has 1 aromatic rings. The lowest BCUT2D eigenvalue weighted by atomic mass is 10.2. The first-order valence-electron chi connectivity index (χ1n) is 8.76. The molecule has 27 heavy (non-hydrogen) atoms. The molecule has 0 aliphatic carbocycles. The van der Waals surface area contributed by atoms with Gasteiger partial charge in [-0.15, -0.1) is 24.8 Å². The van der Waals surface area contributed by atoms with Crippen molar-refractivity contribution < 1.29 is 14.3 Å². The molecule has 0 saturated carbocycles. The van der Waals surface area contributed by atoms with Gasteiger partial charge in [0.2, 0.25) is 11.8 Å². The van der Waals surface area contributed by atoms with Gasteiger partial charge < -0.3 is 25.2 Å². The van der Waals surface area contributed by atoms with Gasteiger partial charge in [-0.2, -0.15) is 0 Å². The lowest BCUT2D eigenvalue weighted by Gasteiger charge is -2.35. The first kappa shape index (κ1) is 23.4. The average Bonchev–Trinajstić information content (AvgIpc) is 2.69. The van der Waals surface area contributed by atoms with Gasteiger partial charge in [0.1, 0.15) is 11.9 Å². The molecule has 2 aliphatic heterocycles. The summed E-state index contributed by atoms with van der Waals surface area (Å²) in [4.78, 5) is 32.6. The quantitative estimate of drug-likeness (QED) is 0.701. The molecule has 3 heterocycles. The lowest BCUT2D eigenvalue weighted by molar-refractivity contribution is -0.131. The SMILES string of the molecule is Cl.Cl.O=C(NCCC(=O)N1CCN(c2ccccn2)CC1)C1COCCN1. The normalized spacial score (nSPS) is 19.5. The van der Waals surface area contributed by atoms with Crippen molar-refractivity contribution in [2.75, 3.05) is 57.4 Å². The molecule has 2 aliphatic rings. The maximum absolute atomic E-state index is 12.3. The van der Waals surface area contributed by atoms with Gasteiger partial charge in [0, 0.05) is 51.9 Å². The number of nitrogens with zero attached hydrogens (tertiary/aromatic N) is 3. The second kappa shape index (κ2) is 12.0. The third-order valence-corrected chi connectivity index (χ3v) is 4.48. The van der Waals surface area contributed by atoms with Crippen LogP contribution in [0, 0.1) is 0 Å². The molecule has 8 nitrogen and oxygen atoms in total. The van der Waals surface area contributed by atoms with Gasteiger partial charge in [0.05, 0.1) is 13.2 Å². The summed E-state index contributed by atoms with van der Waals surface area (Å²) in [6.45, 7) is 4.97. The highest BCUT2D eigenvalue weighted by atomic mass is 35.5. The number of ether oxygens (including phenoxy) is 1. The molecule has 2 N–H and O–H groups in total. The Kier molecular flexibility index (Phi) is 10.4. The molecule has 2 amide bonds. The molecule has 0 bridgehead atoms. The standard InChI is InChI=1S/C17H25N5O3.2ClH/c23-16(4-6-20-17(24)14-13-25-12-7-18-14)22-10-8-21(9-11-22)15-3-1-2-5-19-15;;/h1-3,5,14,18H,4,6-13H2,(H,20,24);2*1H. The van der Waals surface area contributed by atoms with Crippen molar-refractivity contribution in [1.82, 2.24) is 20.5 Å². The fraction of sp³-hybridized carbons (Fsp3) is 0.588. The number of hydrogen-bond acceptors (Lipinski definition) is 6. The van der Waals surface area contributed by atoms with Crippen molar-refractivity contribution in [1.29, 1.82) is 0 Å². The third-order valence-electron chi connectivity index (χ3n) is 4.48. The van der Waals surface area contributed by atoms with Crippen LogP contribution in [0.25, 0.3) is 0 Å². The summed E-state index contributed by atoms with van der Waals surface area (Å²) < 4.78 is 5.26. The summed E-state index contributed by atoms with van der Waals surface area (Å²) in [5, 5.41) is 5.90. The van der Waals surface area contributed by atoms with E-state index in [0.29, 0.717) is 45.8 Å². The molecule has 3 rings (SSSR count). The number of amides is 2. The molecule has 0 spiro atoms. The van der Waals surface area contributed by atoms with Crippen LogP contribution < -0.4 is 15.5 Å². The molecule has 2 fully saturated rings. The number of halogens is 2. The summed E-state index contributed by atoms with van der Waals surface area (Å²) in [7, 11) is 0. The Bertz CT molecular complexity index is 579. The maximum Gasteiger partial charge on any atom is 0.239 e. The predicted molar refractivity (Wildman–Crippen MR) is 108 cm³/mol. The number of carbonyl (C=O) groups is 2. The smallest absolute Gasteiger partial charge is 0.239 e. The molecule has 152 valence electrons. The van der Waals surface area contributed by atoms with E-state index in [1.165, 1.54) is 0 Å². The highest BCUT2D eigenvalue weighted by Gasteiger charge is 2.23. The van der Waals surface area contributed by atoms with E-state index in [4.69, 9.17) is 4.74 Å². The fourth-order valence-corrected chi connectivity index (χ4v) is 3.03. The first-order valence-corrected chi connectivity index (χ1v) is 8.76. The van der Waals surface area contributed by atoms with E-state index in [9.17, 15) is 9.59 Å². The van der Waals surface area contributed by atoms with Crippen molar-refractivity contribution in [3.8, 4) is 0 Å². The zero-order chi connectivity index (χ0) is 17.5. The van der Waals surface area contributed by atoms with Gasteiger partial charge in [0.25, 0.3) is 0 Å². The Morgan fingerprint density at radius 1 is 1.22 bits per heavy atom. The zero-order valence-electron chi connectivity index (χ0n) is 15.1. The second-order valence-corrected chi connectivity index (χ2v) is 6.18. The molecule has 2 saturated heterocycles. The summed E-state index contributed by atoms with van der Waals surface area (Å²) >= 11 is 0. The van der Waals surface area contributed by atoms with Gasteiger partial charge in [-0.25, -0.2) is 4.98 Å². The van der Waals surface area contributed by atoms with Gasteiger partial charge in [-0.3, -0.25) is 9.59 Å². The Hall–Kier alpha value is -1.61. The van der Waals surface area contributed by atoms with E-state index in [-0.39, 0.29) is 42.7 Å². The van der Waals surface area contributed by atoms with Crippen molar-refractivity contribution in [3.05, 3.63) is 24.4 Å². The van der Waals surface area contributed by atoms with Crippen molar-refractivity contribution >= 4 is 42.4 Å². The van der Waals surface area contributed by atoms with Crippen LogP contribution in [-0.4, -0.2) is 80.2 Å². The summed E-state index contributed by atoms with van der Waals surface area (Å²) in [6.07, 6.45) is 2.10. The highest BCUT2D eigenvalue weighted by molar-refractivity contribution is 5.85. The monoisotopic (exact) mass is 419 g/mol. The van der Waals surface area contributed by atoms with E-state index in [1.54, 1.807) is 6.20 Å². The van der Waals surface area contributed by atoms with Crippen molar-refractivity contribution in [2.45, 2.75) is 12.5 Å². The largest absolute Gasteiger partial charge is 0.378 e. The fourth-order valence-electron chi connectivity index (χ4n) is 3.03. The summed E-state index contributed by atoms with van der Waals surface area (Å²) in [6, 6.07) is 5.53. The number of carbonyl (C=O) groups excluding carboxylic acids is 2. The van der Waals surface area contributed by atoms with Gasteiger partial charge in [-0.05, 0) is 12.1 Å². The van der Waals surface area contributed by atoms with Crippen LogP contribution in [0.1, 0.15) is 6.42 Å². The maximum atomic E-state index is 12.3. The predicted octanol–water partition coefficient (Wildman–Crippen LogP) is 0.0685. The number of hydrogen-bond donors (Lipinski definition) is 2. The van der Waals surface area contributed by atoms with Crippen LogP contribution in [0.5, 0.6) is 0 Å². The zero-order valence-corrected chi connectivity index (χ0v) is 16.8.